The van der Waals surface area contributed by atoms with Gasteiger partial charge < -0.3 is 9.97 Å². The predicted octanol–water partition coefficient (Wildman–Crippen LogP) is 13.6. The highest BCUT2D eigenvalue weighted by Gasteiger charge is 2.18. The van der Waals surface area contributed by atoms with Crippen molar-refractivity contribution in [1.82, 2.24) is 39.9 Å². The van der Waals surface area contributed by atoms with Crippen molar-refractivity contribution in [3.05, 3.63) is 193 Å². The minimum atomic E-state index is 0.802. The first-order valence-corrected chi connectivity index (χ1v) is 21.3. The molecule has 8 nitrogen and oxygen atoms in total. The first kappa shape index (κ1) is 37.2. The summed E-state index contributed by atoms with van der Waals surface area (Å²) in [7, 11) is 0. The Morgan fingerprint density at radius 3 is 1.16 bits per heavy atom. The molecule has 0 bridgehead atoms. The zero-order valence-electron chi connectivity index (χ0n) is 35.0. The van der Waals surface area contributed by atoms with Crippen molar-refractivity contribution in [1.29, 1.82) is 0 Å². The van der Waals surface area contributed by atoms with E-state index in [1.807, 2.05) is 43.3 Å². The third kappa shape index (κ3) is 6.74. The van der Waals surface area contributed by atoms with Crippen LogP contribution < -0.4 is 0 Å². The largest absolute Gasteiger partial charge is 0.342 e. The first-order chi connectivity index (χ1) is 31.5. The summed E-state index contributed by atoms with van der Waals surface area (Å²) >= 11 is 0. The predicted molar refractivity (Wildman–Crippen MR) is 259 cm³/mol. The summed E-state index contributed by atoms with van der Waals surface area (Å²) in [6, 6.07) is 62.7. The number of imidazole rings is 2. The Bertz CT molecular complexity index is 3720. The maximum absolute atomic E-state index is 5.36. The molecular weight excluding hydrogens is 785 g/mol. The maximum atomic E-state index is 5.36. The monoisotopic (exact) mass is 822 g/mol. The highest BCUT2D eigenvalue weighted by Crippen LogP contribution is 2.37. The molecule has 0 atom stereocenters. The van der Waals surface area contributed by atoms with E-state index < -0.39 is 0 Å². The first-order valence-electron chi connectivity index (χ1n) is 21.3. The van der Waals surface area contributed by atoms with Crippen molar-refractivity contribution in [2.45, 2.75) is 13.8 Å². The molecule has 0 aliphatic heterocycles. The van der Waals surface area contributed by atoms with Gasteiger partial charge >= 0.3 is 0 Å². The second-order valence-corrected chi connectivity index (χ2v) is 16.3. The van der Waals surface area contributed by atoms with Crippen LogP contribution in [0, 0.1) is 13.8 Å². The molecule has 0 spiro atoms. The molecule has 0 aliphatic rings. The lowest BCUT2D eigenvalue weighted by molar-refractivity contribution is 1.17. The second kappa shape index (κ2) is 15.1. The Morgan fingerprint density at radius 1 is 0.281 bits per heavy atom. The molecule has 0 saturated heterocycles. The molecule has 64 heavy (non-hydrogen) atoms. The third-order valence-electron chi connectivity index (χ3n) is 11.9. The van der Waals surface area contributed by atoms with Gasteiger partial charge in [0, 0.05) is 27.8 Å². The van der Waals surface area contributed by atoms with Crippen LogP contribution in [0.4, 0.5) is 0 Å². The maximum Gasteiger partial charge on any atom is 0.138 e. The normalized spacial score (nSPS) is 11.6. The Kier molecular flexibility index (Phi) is 8.76. The molecular formula is C56H38N8. The summed E-state index contributed by atoms with van der Waals surface area (Å²) in [5.74, 6) is 1.75. The number of hydrogen-bond donors (Lipinski definition) is 2. The molecule has 0 amide bonds. The van der Waals surface area contributed by atoms with E-state index in [4.69, 9.17) is 24.9 Å². The van der Waals surface area contributed by atoms with Gasteiger partial charge in [-0.3, -0.25) is 0 Å². The zero-order chi connectivity index (χ0) is 42.7. The van der Waals surface area contributed by atoms with Crippen molar-refractivity contribution in [2.24, 2.45) is 0 Å². The van der Waals surface area contributed by atoms with Crippen LogP contribution >= 0.6 is 0 Å². The van der Waals surface area contributed by atoms with Crippen molar-refractivity contribution < 1.29 is 0 Å². The Morgan fingerprint density at radius 2 is 0.656 bits per heavy atom. The molecule has 0 fully saturated rings. The number of aromatic amines is 2. The molecule has 0 aliphatic carbocycles. The van der Waals surface area contributed by atoms with E-state index in [9.17, 15) is 0 Å². The van der Waals surface area contributed by atoms with Gasteiger partial charge in [-0.2, -0.15) is 0 Å². The van der Waals surface area contributed by atoms with Crippen LogP contribution in [-0.2, 0) is 0 Å². The fourth-order valence-corrected chi connectivity index (χ4v) is 8.60. The lowest BCUT2D eigenvalue weighted by Crippen LogP contribution is -1.97. The van der Waals surface area contributed by atoms with Gasteiger partial charge in [0.1, 0.15) is 11.6 Å². The van der Waals surface area contributed by atoms with Crippen LogP contribution in [0.5, 0.6) is 0 Å². The summed E-state index contributed by atoms with van der Waals surface area (Å²) < 4.78 is 0. The average molecular weight is 823 g/mol. The second-order valence-electron chi connectivity index (χ2n) is 16.3. The molecule has 2 N–H and O–H groups in total. The van der Waals surface area contributed by atoms with Gasteiger partial charge in [0.05, 0.1) is 66.9 Å². The lowest BCUT2D eigenvalue weighted by atomic mass is 9.98. The topological polar surface area (TPSA) is 109 Å². The van der Waals surface area contributed by atoms with E-state index in [0.717, 1.165) is 129 Å². The fourth-order valence-electron chi connectivity index (χ4n) is 8.60. The molecule has 4 aromatic heterocycles. The SMILES string of the molecule is Cc1ccc(-c2nc3cc(-c4ccc5nc(-c6ccccc6)c(-c6ccc(-c7nc8ccc(-c9ccc%10[nH]c(C)nc%10c9)cc8nc7-c7ccccc7)cc6)nc5c4)ccc3[nH]2)cc1. The van der Waals surface area contributed by atoms with Gasteiger partial charge in [0.2, 0.25) is 0 Å². The van der Waals surface area contributed by atoms with E-state index in [1.54, 1.807) is 0 Å². The Labute approximate surface area is 368 Å². The molecule has 0 radical (unpaired) electrons. The summed E-state index contributed by atoms with van der Waals surface area (Å²) in [5, 5.41) is 0. The van der Waals surface area contributed by atoms with Crippen molar-refractivity contribution >= 4 is 44.1 Å². The van der Waals surface area contributed by atoms with Gasteiger partial charge in [-0.15, -0.1) is 0 Å². The van der Waals surface area contributed by atoms with E-state index in [0.29, 0.717) is 0 Å². The minimum absolute atomic E-state index is 0.802. The van der Waals surface area contributed by atoms with Crippen LogP contribution in [-0.4, -0.2) is 39.9 Å². The zero-order valence-corrected chi connectivity index (χ0v) is 35.0. The Balaban J connectivity index is 0.931. The van der Waals surface area contributed by atoms with Crippen molar-refractivity contribution in [3.8, 4) is 78.7 Å². The number of benzene rings is 8. The van der Waals surface area contributed by atoms with Crippen LogP contribution in [0.3, 0.4) is 0 Å². The van der Waals surface area contributed by atoms with E-state index >= 15 is 0 Å². The number of fused-ring (bicyclic) bond motifs is 4. The number of H-pyrrole nitrogens is 2. The quantitative estimate of drug-likeness (QED) is 0.166. The van der Waals surface area contributed by atoms with Crippen LogP contribution in [0.25, 0.3) is 123 Å². The van der Waals surface area contributed by atoms with Gasteiger partial charge in [-0.05, 0) is 84.6 Å². The van der Waals surface area contributed by atoms with Gasteiger partial charge in [0.25, 0.3) is 0 Å². The molecule has 8 heteroatoms. The number of aromatic nitrogens is 8. The number of hydrogen-bond acceptors (Lipinski definition) is 6. The molecule has 302 valence electrons. The Hall–Kier alpha value is -8.62. The number of rotatable bonds is 7. The number of nitrogens with one attached hydrogen (secondary N) is 2. The average Bonchev–Trinajstić information content (AvgIpc) is 3.96. The van der Waals surface area contributed by atoms with Gasteiger partial charge in [-0.25, -0.2) is 29.9 Å². The van der Waals surface area contributed by atoms with Crippen LogP contribution in [0.15, 0.2) is 182 Å². The molecule has 8 aromatic carbocycles. The molecule has 0 unspecified atom stereocenters. The lowest BCUT2D eigenvalue weighted by Gasteiger charge is -2.14. The minimum Gasteiger partial charge on any atom is -0.342 e. The summed E-state index contributed by atoms with van der Waals surface area (Å²) in [5.41, 5.74) is 20.8. The highest BCUT2D eigenvalue weighted by molar-refractivity contribution is 5.93. The number of aryl methyl sites for hydroxylation is 2. The van der Waals surface area contributed by atoms with E-state index in [2.05, 4.69) is 167 Å². The highest BCUT2D eigenvalue weighted by atomic mass is 14.9. The van der Waals surface area contributed by atoms with E-state index in [-0.39, 0.29) is 0 Å². The summed E-state index contributed by atoms with van der Waals surface area (Å²) in [4.78, 5) is 37.6. The standard InChI is InChI=1S/C56H38N8/c1-33-13-15-39(16-14-33)56-63-47-28-24-43(32-51(47)64-56)42-23-26-45-50(31-42)62-55(52(59-45)35-9-5-3-6-10-35)38-19-17-37(18-20-38)54-53(36-11-7-4-8-12-36)61-49-30-41(22-27-46(49)60-54)40-21-25-44-48(29-40)58-34(2)57-44/h3-32H,1-2H3,(H,57,58)(H,63,64). The molecule has 12 aromatic rings. The van der Waals surface area contributed by atoms with Gasteiger partial charge in [0.15, 0.2) is 0 Å². The molecule has 12 rings (SSSR count). The van der Waals surface area contributed by atoms with Crippen LogP contribution in [0.2, 0.25) is 0 Å². The summed E-state index contributed by atoms with van der Waals surface area (Å²) in [6.45, 7) is 4.07. The molecule has 4 heterocycles. The van der Waals surface area contributed by atoms with Gasteiger partial charge in [-0.1, -0.05) is 139 Å². The smallest absolute Gasteiger partial charge is 0.138 e. The fraction of sp³-hybridized carbons (Fsp3) is 0.0357. The summed E-state index contributed by atoms with van der Waals surface area (Å²) in [6.07, 6.45) is 0. The van der Waals surface area contributed by atoms with E-state index in [1.165, 1.54) is 5.56 Å². The third-order valence-corrected chi connectivity index (χ3v) is 11.9. The van der Waals surface area contributed by atoms with Crippen molar-refractivity contribution in [2.75, 3.05) is 0 Å². The molecule has 0 saturated carbocycles. The number of nitrogens with zero attached hydrogens (tertiary/aromatic N) is 6. The van der Waals surface area contributed by atoms with Crippen molar-refractivity contribution in [3.63, 3.8) is 0 Å². The van der Waals surface area contributed by atoms with Crippen LogP contribution in [0.1, 0.15) is 11.4 Å².